The summed E-state index contributed by atoms with van der Waals surface area (Å²) in [6, 6.07) is 11.7. The van der Waals surface area contributed by atoms with Crippen LogP contribution in [-0.2, 0) is 22.7 Å². The van der Waals surface area contributed by atoms with E-state index in [-0.39, 0.29) is 12.5 Å². The lowest BCUT2D eigenvalue weighted by atomic mass is 10.2. The number of aromatic nitrogens is 2. The number of nitrogens with zero attached hydrogens (tertiary/aromatic N) is 2. The van der Waals surface area contributed by atoms with E-state index in [2.05, 4.69) is 10.4 Å². The molecule has 0 saturated heterocycles. The van der Waals surface area contributed by atoms with E-state index in [1.54, 1.807) is 12.3 Å². The van der Waals surface area contributed by atoms with Crippen molar-refractivity contribution in [1.82, 2.24) is 15.1 Å². The van der Waals surface area contributed by atoms with Crippen molar-refractivity contribution in [2.75, 3.05) is 18.9 Å². The molecule has 0 radical (unpaired) electrons. The minimum atomic E-state index is -0.0823. The van der Waals surface area contributed by atoms with Crippen LogP contribution >= 0.6 is 0 Å². The number of anilines is 1. The number of amides is 1. The van der Waals surface area contributed by atoms with Gasteiger partial charge >= 0.3 is 0 Å². The Hall–Kier alpha value is -2.34. The zero-order chi connectivity index (χ0) is 14.9. The van der Waals surface area contributed by atoms with E-state index in [1.165, 1.54) is 4.68 Å². The van der Waals surface area contributed by atoms with Crippen LogP contribution in [0.1, 0.15) is 12.0 Å². The van der Waals surface area contributed by atoms with Crippen molar-refractivity contribution >= 4 is 11.7 Å². The van der Waals surface area contributed by atoms with Crippen LogP contribution in [0.2, 0.25) is 0 Å². The number of nitrogens with two attached hydrogens (primary N) is 1. The van der Waals surface area contributed by atoms with Crippen LogP contribution in [-0.4, -0.2) is 28.8 Å². The van der Waals surface area contributed by atoms with Gasteiger partial charge in [0.05, 0.1) is 6.61 Å². The fourth-order valence-corrected chi connectivity index (χ4v) is 1.83. The second-order valence-electron chi connectivity index (χ2n) is 4.68. The maximum atomic E-state index is 11.6. The number of ether oxygens (including phenoxy) is 1. The molecule has 0 bridgehead atoms. The van der Waals surface area contributed by atoms with E-state index >= 15 is 0 Å². The summed E-state index contributed by atoms with van der Waals surface area (Å²) >= 11 is 0. The molecule has 1 aromatic carbocycles. The lowest BCUT2D eigenvalue weighted by molar-refractivity contribution is -0.121. The number of carbonyl (C=O) groups excluding carboxylic acids is 1. The molecule has 0 saturated carbocycles. The van der Waals surface area contributed by atoms with E-state index in [4.69, 9.17) is 10.5 Å². The van der Waals surface area contributed by atoms with Gasteiger partial charge in [0.1, 0.15) is 12.4 Å². The highest BCUT2D eigenvalue weighted by Crippen LogP contribution is 2.00. The van der Waals surface area contributed by atoms with Crippen molar-refractivity contribution < 1.29 is 9.53 Å². The Morgan fingerprint density at radius 3 is 2.81 bits per heavy atom. The average molecular weight is 288 g/mol. The first-order chi connectivity index (χ1) is 10.2. The van der Waals surface area contributed by atoms with Gasteiger partial charge in [0.25, 0.3) is 0 Å². The van der Waals surface area contributed by atoms with Crippen molar-refractivity contribution in [1.29, 1.82) is 0 Å². The topological polar surface area (TPSA) is 82.2 Å². The molecule has 21 heavy (non-hydrogen) atoms. The number of nitrogens with one attached hydrogen (secondary N) is 1. The van der Waals surface area contributed by atoms with Gasteiger partial charge in [0.15, 0.2) is 0 Å². The third-order valence-electron chi connectivity index (χ3n) is 2.87. The second kappa shape index (κ2) is 8.06. The molecule has 1 heterocycles. The van der Waals surface area contributed by atoms with Gasteiger partial charge in [-0.2, -0.15) is 5.10 Å². The number of hydrogen-bond donors (Lipinski definition) is 2. The van der Waals surface area contributed by atoms with Crippen molar-refractivity contribution in [3.05, 3.63) is 48.2 Å². The summed E-state index contributed by atoms with van der Waals surface area (Å²) < 4.78 is 7.05. The molecule has 0 unspecified atom stereocenters. The Balaban J connectivity index is 1.52. The summed E-state index contributed by atoms with van der Waals surface area (Å²) in [5, 5.41) is 6.77. The Labute approximate surface area is 123 Å². The summed E-state index contributed by atoms with van der Waals surface area (Å²) in [5.41, 5.74) is 6.63. The standard InChI is InChI=1S/C15H20N4O2/c16-14-7-9-19(18-14)11-15(20)17-8-4-10-21-12-13-5-2-1-3-6-13/h1-3,5-7,9H,4,8,10-12H2,(H2,16,18)(H,17,20). The molecule has 0 aliphatic heterocycles. The van der Waals surface area contributed by atoms with Gasteiger partial charge in [-0.15, -0.1) is 0 Å². The second-order valence-corrected chi connectivity index (χ2v) is 4.68. The van der Waals surface area contributed by atoms with E-state index in [0.717, 1.165) is 12.0 Å². The largest absolute Gasteiger partial charge is 0.382 e. The zero-order valence-corrected chi connectivity index (χ0v) is 11.9. The summed E-state index contributed by atoms with van der Waals surface area (Å²) in [4.78, 5) is 11.6. The lowest BCUT2D eigenvalue weighted by Crippen LogP contribution is -2.29. The third-order valence-corrected chi connectivity index (χ3v) is 2.87. The highest BCUT2D eigenvalue weighted by atomic mass is 16.5. The van der Waals surface area contributed by atoms with Crippen LogP contribution in [0.5, 0.6) is 0 Å². The molecule has 6 nitrogen and oxygen atoms in total. The molecule has 2 aromatic rings. The maximum Gasteiger partial charge on any atom is 0.241 e. The van der Waals surface area contributed by atoms with E-state index < -0.39 is 0 Å². The van der Waals surface area contributed by atoms with Crippen molar-refractivity contribution in [2.24, 2.45) is 0 Å². The number of carbonyl (C=O) groups is 1. The Kier molecular flexibility index (Phi) is 5.78. The quantitative estimate of drug-likeness (QED) is 0.715. The molecule has 112 valence electrons. The van der Waals surface area contributed by atoms with E-state index in [0.29, 0.717) is 25.6 Å². The van der Waals surface area contributed by atoms with E-state index in [9.17, 15) is 4.79 Å². The summed E-state index contributed by atoms with van der Waals surface area (Å²) in [6.07, 6.45) is 2.46. The number of hydrogen-bond acceptors (Lipinski definition) is 4. The van der Waals surface area contributed by atoms with Gasteiger partial charge in [-0.25, -0.2) is 0 Å². The summed E-state index contributed by atoms with van der Waals surface area (Å²) in [5.74, 6) is 0.332. The monoisotopic (exact) mass is 288 g/mol. The highest BCUT2D eigenvalue weighted by molar-refractivity contribution is 5.75. The first kappa shape index (κ1) is 15.1. The van der Waals surface area contributed by atoms with Gasteiger partial charge in [0.2, 0.25) is 5.91 Å². The Morgan fingerprint density at radius 1 is 1.29 bits per heavy atom. The molecule has 0 atom stereocenters. The molecular formula is C15H20N4O2. The highest BCUT2D eigenvalue weighted by Gasteiger charge is 2.03. The van der Waals surface area contributed by atoms with Gasteiger partial charge < -0.3 is 15.8 Å². The molecule has 2 rings (SSSR count). The summed E-state index contributed by atoms with van der Waals surface area (Å²) in [6.45, 7) is 1.98. The first-order valence-electron chi connectivity index (χ1n) is 6.91. The normalized spacial score (nSPS) is 10.5. The maximum absolute atomic E-state index is 11.6. The van der Waals surface area contributed by atoms with E-state index in [1.807, 2.05) is 30.3 Å². The number of benzene rings is 1. The molecule has 0 aliphatic carbocycles. The Morgan fingerprint density at radius 2 is 2.10 bits per heavy atom. The van der Waals surface area contributed by atoms with Gasteiger partial charge in [0, 0.05) is 19.3 Å². The van der Waals surface area contributed by atoms with Gasteiger partial charge in [-0.1, -0.05) is 30.3 Å². The van der Waals surface area contributed by atoms with Crippen molar-refractivity contribution in [2.45, 2.75) is 19.6 Å². The van der Waals surface area contributed by atoms with Crippen LogP contribution in [0.3, 0.4) is 0 Å². The number of rotatable bonds is 8. The zero-order valence-electron chi connectivity index (χ0n) is 11.9. The molecule has 1 aromatic heterocycles. The lowest BCUT2D eigenvalue weighted by Gasteiger charge is -2.06. The van der Waals surface area contributed by atoms with Crippen molar-refractivity contribution in [3.8, 4) is 0 Å². The van der Waals surface area contributed by atoms with Gasteiger partial charge in [-0.05, 0) is 18.1 Å². The smallest absolute Gasteiger partial charge is 0.241 e. The fourth-order valence-electron chi connectivity index (χ4n) is 1.83. The SMILES string of the molecule is Nc1ccn(CC(=O)NCCCOCc2ccccc2)n1. The molecule has 0 fully saturated rings. The van der Waals surface area contributed by atoms with Crippen molar-refractivity contribution in [3.63, 3.8) is 0 Å². The fraction of sp³-hybridized carbons (Fsp3) is 0.333. The molecular weight excluding hydrogens is 268 g/mol. The third kappa shape index (κ3) is 5.66. The van der Waals surface area contributed by atoms with Crippen LogP contribution in [0.15, 0.2) is 42.6 Å². The predicted molar refractivity (Wildman–Crippen MR) is 80.4 cm³/mol. The van der Waals surface area contributed by atoms with Crippen LogP contribution in [0.25, 0.3) is 0 Å². The Bertz CT molecular complexity index is 554. The summed E-state index contributed by atoms with van der Waals surface area (Å²) in [7, 11) is 0. The molecule has 6 heteroatoms. The molecule has 3 N–H and O–H groups in total. The molecule has 0 aliphatic rings. The number of nitrogen functional groups attached to an aromatic ring is 1. The van der Waals surface area contributed by atoms with Crippen LogP contribution < -0.4 is 11.1 Å². The molecule has 0 spiro atoms. The van der Waals surface area contributed by atoms with Crippen LogP contribution in [0.4, 0.5) is 5.82 Å². The first-order valence-corrected chi connectivity index (χ1v) is 6.91. The average Bonchev–Trinajstić information content (AvgIpc) is 2.89. The molecule has 1 amide bonds. The minimum absolute atomic E-state index is 0.0823. The van der Waals surface area contributed by atoms with Crippen LogP contribution in [0, 0.1) is 0 Å². The van der Waals surface area contributed by atoms with Gasteiger partial charge in [-0.3, -0.25) is 9.48 Å². The minimum Gasteiger partial charge on any atom is -0.382 e. The predicted octanol–water partition coefficient (Wildman–Crippen LogP) is 1.19.